The van der Waals surface area contributed by atoms with Gasteiger partial charge in [-0.05, 0) is 37.1 Å². The maximum Gasteiger partial charge on any atom is 0.0369 e. The molecule has 1 unspecified atom stereocenters. The number of hydrogen-bond donors (Lipinski definition) is 2. The molecule has 1 atom stereocenters. The fourth-order valence-electron chi connectivity index (χ4n) is 2.21. The van der Waals surface area contributed by atoms with Gasteiger partial charge in [0.15, 0.2) is 0 Å². The summed E-state index contributed by atoms with van der Waals surface area (Å²) in [4.78, 5) is 3.72. The van der Waals surface area contributed by atoms with Crippen LogP contribution in [0.15, 0.2) is 29.2 Å². The topological polar surface area (TPSA) is 27.3 Å². The standard InChI is InChI=1S/C14H23N3S/c1-3-18-14-6-4-12(5-7-14)16-10-13-11-17(2)9-8-15-13/h4-7,13,15-16H,3,8-11H2,1-2H3. The zero-order valence-corrected chi connectivity index (χ0v) is 12.1. The van der Waals surface area contributed by atoms with E-state index in [0.717, 1.165) is 31.9 Å². The highest BCUT2D eigenvalue weighted by molar-refractivity contribution is 7.99. The molecule has 2 N–H and O–H groups in total. The molecule has 1 aliphatic rings. The predicted octanol–water partition coefficient (Wildman–Crippen LogP) is 2.11. The molecule has 1 saturated heterocycles. The van der Waals surface area contributed by atoms with Crippen LogP contribution in [0, 0.1) is 0 Å². The molecule has 0 amide bonds. The van der Waals surface area contributed by atoms with Crippen LogP contribution < -0.4 is 10.6 Å². The highest BCUT2D eigenvalue weighted by atomic mass is 32.2. The lowest BCUT2D eigenvalue weighted by atomic mass is 10.2. The van der Waals surface area contributed by atoms with Crippen molar-refractivity contribution in [3.05, 3.63) is 24.3 Å². The number of piperazine rings is 1. The van der Waals surface area contributed by atoms with Crippen LogP contribution >= 0.6 is 11.8 Å². The van der Waals surface area contributed by atoms with E-state index in [1.165, 1.54) is 10.6 Å². The van der Waals surface area contributed by atoms with Crippen molar-refractivity contribution in [3.63, 3.8) is 0 Å². The fraction of sp³-hybridized carbons (Fsp3) is 0.571. The van der Waals surface area contributed by atoms with Crippen LogP contribution in [-0.4, -0.2) is 49.9 Å². The Labute approximate surface area is 114 Å². The van der Waals surface area contributed by atoms with Gasteiger partial charge in [0.25, 0.3) is 0 Å². The third-order valence-corrected chi connectivity index (χ3v) is 4.07. The largest absolute Gasteiger partial charge is 0.383 e. The van der Waals surface area contributed by atoms with E-state index < -0.39 is 0 Å². The molecule has 100 valence electrons. The number of rotatable bonds is 5. The van der Waals surface area contributed by atoms with Crippen molar-refractivity contribution >= 4 is 17.4 Å². The zero-order chi connectivity index (χ0) is 12.8. The van der Waals surface area contributed by atoms with Crippen LogP contribution in [-0.2, 0) is 0 Å². The maximum absolute atomic E-state index is 3.54. The minimum absolute atomic E-state index is 0.549. The second-order valence-electron chi connectivity index (χ2n) is 4.75. The Bertz CT molecular complexity index is 353. The maximum atomic E-state index is 3.54. The molecule has 18 heavy (non-hydrogen) atoms. The molecular formula is C14H23N3S. The summed E-state index contributed by atoms with van der Waals surface area (Å²) in [6, 6.07) is 9.27. The molecule has 1 aromatic rings. The SMILES string of the molecule is CCSc1ccc(NCC2CN(C)CCN2)cc1. The van der Waals surface area contributed by atoms with Crippen LogP contribution in [0.25, 0.3) is 0 Å². The zero-order valence-electron chi connectivity index (χ0n) is 11.3. The molecule has 2 rings (SSSR count). The van der Waals surface area contributed by atoms with E-state index in [4.69, 9.17) is 0 Å². The number of nitrogens with one attached hydrogen (secondary N) is 2. The van der Waals surface area contributed by atoms with Crippen LogP contribution in [0.2, 0.25) is 0 Å². The molecule has 3 nitrogen and oxygen atoms in total. The summed E-state index contributed by atoms with van der Waals surface area (Å²) in [6.07, 6.45) is 0. The third-order valence-electron chi connectivity index (χ3n) is 3.18. The van der Waals surface area contributed by atoms with Crippen molar-refractivity contribution in [2.45, 2.75) is 17.9 Å². The Balaban J connectivity index is 1.78. The quantitative estimate of drug-likeness (QED) is 0.798. The molecule has 4 heteroatoms. The molecule has 0 bridgehead atoms. The molecule has 1 fully saturated rings. The first-order valence-corrected chi connectivity index (χ1v) is 7.65. The summed E-state index contributed by atoms with van der Waals surface area (Å²) in [6.45, 7) is 6.54. The summed E-state index contributed by atoms with van der Waals surface area (Å²) >= 11 is 1.88. The fourth-order valence-corrected chi connectivity index (χ4v) is 2.87. The molecule has 0 spiro atoms. The average Bonchev–Trinajstić information content (AvgIpc) is 2.38. The van der Waals surface area contributed by atoms with Crippen molar-refractivity contribution in [2.24, 2.45) is 0 Å². The first-order chi connectivity index (χ1) is 8.78. The minimum atomic E-state index is 0.549. The van der Waals surface area contributed by atoms with Crippen LogP contribution in [0.5, 0.6) is 0 Å². The van der Waals surface area contributed by atoms with Gasteiger partial charge >= 0.3 is 0 Å². The normalized spacial score (nSPS) is 20.9. The second kappa shape index (κ2) is 7.02. The van der Waals surface area contributed by atoms with Gasteiger partial charge in [-0.15, -0.1) is 11.8 Å². The Morgan fingerprint density at radius 3 is 2.83 bits per heavy atom. The van der Waals surface area contributed by atoms with Gasteiger partial charge in [-0.3, -0.25) is 0 Å². The molecule has 0 saturated carbocycles. The molecule has 1 aliphatic heterocycles. The van der Waals surface area contributed by atoms with E-state index in [-0.39, 0.29) is 0 Å². The van der Waals surface area contributed by atoms with Crippen molar-refractivity contribution in [1.29, 1.82) is 0 Å². The van der Waals surface area contributed by atoms with E-state index in [0.29, 0.717) is 6.04 Å². The lowest BCUT2D eigenvalue weighted by Crippen LogP contribution is -2.51. The van der Waals surface area contributed by atoms with Crippen molar-refractivity contribution < 1.29 is 0 Å². The van der Waals surface area contributed by atoms with E-state index in [2.05, 4.69) is 53.8 Å². The van der Waals surface area contributed by atoms with Gasteiger partial charge in [0.1, 0.15) is 0 Å². The van der Waals surface area contributed by atoms with Gasteiger partial charge in [0, 0.05) is 42.8 Å². The van der Waals surface area contributed by atoms with E-state index in [9.17, 15) is 0 Å². The molecule has 0 aromatic heterocycles. The minimum Gasteiger partial charge on any atom is -0.383 e. The summed E-state index contributed by atoms with van der Waals surface area (Å²) in [5.41, 5.74) is 1.21. The van der Waals surface area contributed by atoms with Crippen molar-refractivity contribution in [3.8, 4) is 0 Å². The Morgan fingerprint density at radius 1 is 1.39 bits per heavy atom. The third kappa shape index (κ3) is 4.19. The van der Waals surface area contributed by atoms with Gasteiger partial charge in [-0.1, -0.05) is 6.92 Å². The average molecular weight is 265 g/mol. The molecule has 0 aliphatic carbocycles. The smallest absolute Gasteiger partial charge is 0.0369 e. The van der Waals surface area contributed by atoms with Crippen LogP contribution in [0.1, 0.15) is 6.92 Å². The van der Waals surface area contributed by atoms with Gasteiger partial charge in [-0.25, -0.2) is 0 Å². The molecule has 1 heterocycles. The number of anilines is 1. The van der Waals surface area contributed by atoms with Gasteiger partial charge < -0.3 is 15.5 Å². The monoisotopic (exact) mass is 265 g/mol. The highest BCUT2D eigenvalue weighted by Gasteiger charge is 2.15. The van der Waals surface area contributed by atoms with Crippen LogP contribution in [0.3, 0.4) is 0 Å². The van der Waals surface area contributed by atoms with Crippen molar-refractivity contribution in [2.75, 3.05) is 44.3 Å². The molecular weight excluding hydrogens is 242 g/mol. The lowest BCUT2D eigenvalue weighted by Gasteiger charge is -2.31. The number of thioether (sulfide) groups is 1. The number of benzene rings is 1. The predicted molar refractivity (Wildman–Crippen MR) is 80.6 cm³/mol. The van der Waals surface area contributed by atoms with E-state index in [1.54, 1.807) is 0 Å². The van der Waals surface area contributed by atoms with Gasteiger partial charge in [0.05, 0.1) is 0 Å². The summed E-state index contributed by atoms with van der Waals surface area (Å²) in [5, 5.41) is 7.05. The van der Waals surface area contributed by atoms with Gasteiger partial charge in [-0.2, -0.15) is 0 Å². The number of hydrogen-bond acceptors (Lipinski definition) is 4. The van der Waals surface area contributed by atoms with Crippen LogP contribution in [0.4, 0.5) is 5.69 Å². The Kier molecular flexibility index (Phi) is 5.35. The lowest BCUT2D eigenvalue weighted by molar-refractivity contribution is 0.244. The number of likely N-dealkylation sites (N-methyl/N-ethyl adjacent to an activating group) is 1. The first-order valence-electron chi connectivity index (χ1n) is 6.66. The number of nitrogens with zero attached hydrogens (tertiary/aromatic N) is 1. The van der Waals surface area contributed by atoms with E-state index >= 15 is 0 Å². The highest BCUT2D eigenvalue weighted by Crippen LogP contribution is 2.19. The second-order valence-corrected chi connectivity index (χ2v) is 6.09. The Morgan fingerprint density at radius 2 is 2.17 bits per heavy atom. The summed E-state index contributed by atoms with van der Waals surface area (Å²) in [5.74, 6) is 1.13. The Hall–Kier alpha value is -0.710. The summed E-state index contributed by atoms with van der Waals surface area (Å²) < 4.78 is 0. The molecule has 0 radical (unpaired) electrons. The van der Waals surface area contributed by atoms with Crippen molar-refractivity contribution in [1.82, 2.24) is 10.2 Å². The summed E-state index contributed by atoms with van der Waals surface area (Å²) in [7, 11) is 2.19. The van der Waals surface area contributed by atoms with E-state index in [1.807, 2.05) is 11.8 Å². The first kappa shape index (κ1) is 13.7. The van der Waals surface area contributed by atoms with Gasteiger partial charge in [0.2, 0.25) is 0 Å². The molecule has 1 aromatic carbocycles.